The second-order valence-corrected chi connectivity index (χ2v) is 7.86. The highest BCUT2D eigenvalue weighted by atomic mass is 32.2. The first-order valence-corrected chi connectivity index (χ1v) is 8.91. The molecule has 0 fully saturated rings. The van der Waals surface area contributed by atoms with Crippen molar-refractivity contribution >= 4 is 34.4 Å². The number of nitrogens with one attached hydrogen (secondary N) is 1. The maximum Gasteiger partial charge on any atom is 0.322 e. The molecule has 1 aromatic heterocycles. The van der Waals surface area contributed by atoms with Crippen LogP contribution in [-0.2, 0) is 9.59 Å². The average Bonchev–Trinajstić information content (AvgIpc) is 3.06. The van der Waals surface area contributed by atoms with Crippen molar-refractivity contribution < 1.29 is 14.7 Å². The fourth-order valence-corrected chi connectivity index (χ4v) is 3.60. The van der Waals surface area contributed by atoms with Crippen molar-refractivity contribution in [2.75, 3.05) is 6.54 Å². The summed E-state index contributed by atoms with van der Waals surface area (Å²) in [5, 5.41) is 14.0. The average molecular weight is 369 g/mol. The lowest BCUT2D eigenvalue weighted by Gasteiger charge is -2.22. The second-order valence-electron chi connectivity index (χ2n) is 6.27. The molecule has 3 aromatic rings. The van der Waals surface area contributed by atoms with Crippen LogP contribution < -0.4 is 5.32 Å². The molecule has 0 aliphatic heterocycles. The number of amides is 1. The number of carbonyl (C=O) groups excluding carboxylic acids is 1. The zero-order chi connectivity index (χ0) is 18.7. The van der Waals surface area contributed by atoms with E-state index in [4.69, 9.17) is 5.11 Å². The van der Waals surface area contributed by atoms with Crippen molar-refractivity contribution in [3.8, 4) is 5.69 Å². The Morgan fingerprint density at radius 2 is 1.92 bits per heavy atom. The quantitative estimate of drug-likeness (QED) is 0.652. The van der Waals surface area contributed by atoms with Crippen LogP contribution in [0.2, 0.25) is 0 Å². The third-order valence-corrected chi connectivity index (χ3v) is 5.11. The molecule has 2 aromatic carbocycles. The van der Waals surface area contributed by atoms with Crippen LogP contribution in [0.25, 0.3) is 16.5 Å². The zero-order valence-corrected chi connectivity index (χ0v) is 15.3. The van der Waals surface area contributed by atoms with E-state index in [2.05, 4.69) is 10.3 Å². The summed E-state index contributed by atoms with van der Waals surface area (Å²) in [6.07, 6.45) is 3.55. The molecule has 0 atom stereocenters. The Hall–Kier alpha value is -2.80. The standard InChI is InChI=1S/C19H19N3O3S/c1-19(2,17(25)21-12-16(23)24)26-18-20-10-11-22(18)15-9-5-7-13-6-3-4-8-14(13)15/h3-11H,12H2,1-2H3,(H,21,25)(H,23,24). The lowest BCUT2D eigenvalue weighted by atomic mass is 10.1. The van der Waals surface area contributed by atoms with Gasteiger partial charge in [0, 0.05) is 17.8 Å². The lowest BCUT2D eigenvalue weighted by Crippen LogP contribution is -2.42. The van der Waals surface area contributed by atoms with Gasteiger partial charge in [0.2, 0.25) is 5.91 Å². The number of carboxylic acid groups (broad SMARTS) is 1. The first-order chi connectivity index (χ1) is 12.4. The van der Waals surface area contributed by atoms with Crippen LogP contribution in [0.1, 0.15) is 13.8 Å². The Kier molecular flexibility index (Phi) is 4.99. The largest absolute Gasteiger partial charge is 0.480 e. The number of hydrogen-bond donors (Lipinski definition) is 2. The maximum absolute atomic E-state index is 12.3. The number of rotatable bonds is 6. The number of fused-ring (bicyclic) bond motifs is 1. The molecule has 26 heavy (non-hydrogen) atoms. The number of benzene rings is 2. The molecule has 0 aliphatic carbocycles. The number of aliphatic carboxylic acids is 1. The van der Waals surface area contributed by atoms with Crippen molar-refractivity contribution in [2.45, 2.75) is 23.8 Å². The number of hydrogen-bond acceptors (Lipinski definition) is 4. The third-order valence-electron chi connectivity index (χ3n) is 3.93. The van der Waals surface area contributed by atoms with Crippen LogP contribution >= 0.6 is 11.8 Å². The smallest absolute Gasteiger partial charge is 0.322 e. The highest BCUT2D eigenvalue weighted by Gasteiger charge is 2.31. The van der Waals surface area contributed by atoms with Gasteiger partial charge in [-0.25, -0.2) is 4.98 Å². The van der Waals surface area contributed by atoms with Gasteiger partial charge in [-0.3, -0.25) is 14.2 Å². The van der Waals surface area contributed by atoms with Crippen LogP contribution in [0.4, 0.5) is 0 Å². The van der Waals surface area contributed by atoms with E-state index in [1.807, 2.05) is 53.2 Å². The molecule has 6 nitrogen and oxygen atoms in total. The number of aromatic nitrogens is 2. The van der Waals surface area contributed by atoms with Gasteiger partial charge >= 0.3 is 5.97 Å². The summed E-state index contributed by atoms with van der Waals surface area (Å²) < 4.78 is 1.07. The van der Waals surface area contributed by atoms with Crippen LogP contribution in [0.5, 0.6) is 0 Å². The molecule has 2 N–H and O–H groups in total. The van der Waals surface area contributed by atoms with Gasteiger partial charge < -0.3 is 10.4 Å². The first kappa shape index (κ1) is 18.0. The minimum Gasteiger partial charge on any atom is -0.480 e. The molecule has 0 aliphatic rings. The lowest BCUT2D eigenvalue weighted by molar-refractivity contribution is -0.138. The van der Waals surface area contributed by atoms with E-state index in [0.29, 0.717) is 5.16 Å². The molecule has 0 unspecified atom stereocenters. The maximum atomic E-state index is 12.3. The molecular formula is C19H19N3O3S. The minimum absolute atomic E-state index is 0.350. The zero-order valence-electron chi connectivity index (χ0n) is 14.5. The summed E-state index contributed by atoms with van der Waals surface area (Å²) in [4.78, 5) is 27.4. The van der Waals surface area contributed by atoms with E-state index in [-0.39, 0.29) is 5.91 Å². The molecule has 0 saturated heterocycles. The SMILES string of the molecule is CC(C)(Sc1nccn1-c1cccc2ccccc12)C(=O)NCC(=O)O. The number of nitrogens with zero attached hydrogens (tertiary/aromatic N) is 2. The van der Waals surface area contributed by atoms with Crippen molar-refractivity contribution in [3.05, 3.63) is 54.9 Å². The summed E-state index contributed by atoms with van der Waals surface area (Å²) in [5.74, 6) is -1.42. The molecule has 7 heteroatoms. The summed E-state index contributed by atoms with van der Waals surface area (Å²) in [7, 11) is 0. The number of carboxylic acids is 1. The Bertz CT molecular complexity index is 960. The third kappa shape index (κ3) is 3.72. The summed E-state index contributed by atoms with van der Waals surface area (Å²) in [6.45, 7) is 3.09. The van der Waals surface area contributed by atoms with E-state index in [0.717, 1.165) is 16.5 Å². The van der Waals surface area contributed by atoms with E-state index >= 15 is 0 Å². The van der Waals surface area contributed by atoms with Crippen molar-refractivity contribution in [1.29, 1.82) is 0 Å². The first-order valence-electron chi connectivity index (χ1n) is 8.09. The number of imidazole rings is 1. The van der Waals surface area contributed by atoms with Gasteiger partial charge in [-0.2, -0.15) is 0 Å². The number of carbonyl (C=O) groups is 2. The molecule has 1 heterocycles. The fourth-order valence-electron chi connectivity index (χ4n) is 2.61. The molecular weight excluding hydrogens is 350 g/mol. The van der Waals surface area contributed by atoms with Crippen molar-refractivity contribution in [3.63, 3.8) is 0 Å². The second kappa shape index (κ2) is 7.21. The summed E-state index contributed by atoms with van der Waals surface area (Å²) in [6, 6.07) is 14.1. The summed E-state index contributed by atoms with van der Waals surface area (Å²) >= 11 is 1.29. The normalized spacial score (nSPS) is 11.5. The van der Waals surface area contributed by atoms with Gasteiger partial charge in [-0.1, -0.05) is 48.2 Å². The highest BCUT2D eigenvalue weighted by molar-refractivity contribution is 8.01. The monoisotopic (exact) mass is 369 g/mol. The number of thioether (sulfide) groups is 1. The molecule has 134 valence electrons. The Morgan fingerprint density at radius 3 is 2.69 bits per heavy atom. The van der Waals surface area contributed by atoms with Gasteiger partial charge in [0.05, 0.1) is 10.4 Å². The Balaban J connectivity index is 1.91. The molecule has 0 saturated carbocycles. The minimum atomic E-state index is -1.07. The summed E-state index contributed by atoms with van der Waals surface area (Å²) in [5.41, 5.74) is 0.977. The highest BCUT2D eigenvalue weighted by Crippen LogP contribution is 2.34. The Labute approximate surface area is 155 Å². The topological polar surface area (TPSA) is 84.2 Å². The molecule has 0 spiro atoms. The van der Waals surface area contributed by atoms with Gasteiger partial charge in [0.25, 0.3) is 0 Å². The van der Waals surface area contributed by atoms with Gasteiger partial charge in [-0.05, 0) is 25.3 Å². The predicted octanol–water partition coefficient (Wildman–Crippen LogP) is 3.10. The fraction of sp³-hybridized carbons (Fsp3) is 0.211. The van der Waals surface area contributed by atoms with Gasteiger partial charge in [-0.15, -0.1) is 0 Å². The van der Waals surface area contributed by atoms with Gasteiger partial charge in [0.15, 0.2) is 5.16 Å². The van der Waals surface area contributed by atoms with Crippen LogP contribution in [-0.4, -0.2) is 37.8 Å². The molecule has 1 amide bonds. The van der Waals surface area contributed by atoms with Crippen LogP contribution in [0.15, 0.2) is 60.0 Å². The van der Waals surface area contributed by atoms with Crippen LogP contribution in [0.3, 0.4) is 0 Å². The van der Waals surface area contributed by atoms with Crippen LogP contribution in [0, 0.1) is 0 Å². The van der Waals surface area contributed by atoms with E-state index in [1.54, 1.807) is 20.0 Å². The molecule has 3 rings (SSSR count). The molecule has 0 bridgehead atoms. The van der Waals surface area contributed by atoms with Crippen molar-refractivity contribution in [1.82, 2.24) is 14.9 Å². The van der Waals surface area contributed by atoms with Gasteiger partial charge in [0.1, 0.15) is 6.54 Å². The van der Waals surface area contributed by atoms with Crippen molar-refractivity contribution in [2.24, 2.45) is 0 Å². The van der Waals surface area contributed by atoms with E-state index in [1.165, 1.54) is 11.8 Å². The predicted molar refractivity (Wildman–Crippen MR) is 102 cm³/mol. The van der Waals surface area contributed by atoms with E-state index < -0.39 is 17.3 Å². The van der Waals surface area contributed by atoms with E-state index in [9.17, 15) is 9.59 Å². The molecule has 0 radical (unpaired) electrons. The Morgan fingerprint density at radius 1 is 1.19 bits per heavy atom.